The standard InChI is InChI=1S/C17H18N2O/c1-12-5-7-13(8-6-12)17(14-4-2-3-11-18-14)15-9-10-16(20)19-15/h2-8,11,15,17H,9-10H2,1H3,(H,19,20)/t15-,17+/m1/s1. The zero-order valence-corrected chi connectivity index (χ0v) is 11.5. The Hall–Kier alpha value is -2.16. The van der Waals surface area contributed by atoms with E-state index >= 15 is 0 Å². The minimum absolute atomic E-state index is 0.128. The number of benzene rings is 1. The second-order valence-electron chi connectivity index (χ2n) is 5.36. The third-order valence-corrected chi connectivity index (χ3v) is 3.87. The Morgan fingerprint density at radius 3 is 2.60 bits per heavy atom. The molecule has 0 unspecified atom stereocenters. The Morgan fingerprint density at radius 1 is 1.20 bits per heavy atom. The zero-order chi connectivity index (χ0) is 13.9. The number of nitrogens with zero attached hydrogens (tertiary/aromatic N) is 1. The largest absolute Gasteiger partial charge is 0.352 e. The molecule has 102 valence electrons. The fourth-order valence-electron chi connectivity index (χ4n) is 2.83. The molecule has 0 bridgehead atoms. The van der Waals surface area contributed by atoms with E-state index in [1.165, 1.54) is 11.1 Å². The maximum Gasteiger partial charge on any atom is 0.220 e. The van der Waals surface area contributed by atoms with Crippen molar-refractivity contribution in [3.63, 3.8) is 0 Å². The minimum atomic E-state index is 0.128. The number of hydrogen-bond acceptors (Lipinski definition) is 2. The first kappa shape index (κ1) is 12.9. The number of rotatable bonds is 3. The molecular formula is C17H18N2O. The van der Waals surface area contributed by atoms with Crippen LogP contribution in [0.4, 0.5) is 0 Å². The highest BCUT2D eigenvalue weighted by Gasteiger charge is 2.31. The average Bonchev–Trinajstić information content (AvgIpc) is 2.89. The first-order chi connectivity index (χ1) is 9.74. The minimum Gasteiger partial charge on any atom is -0.352 e. The van der Waals surface area contributed by atoms with Gasteiger partial charge in [0.05, 0.1) is 0 Å². The molecule has 3 nitrogen and oxygen atoms in total. The Balaban J connectivity index is 1.99. The van der Waals surface area contributed by atoms with Crippen LogP contribution >= 0.6 is 0 Å². The molecule has 1 aliphatic rings. The molecule has 1 aromatic carbocycles. The van der Waals surface area contributed by atoms with Crippen LogP contribution in [-0.2, 0) is 4.79 Å². The number of hydrogen-bond donors (Lipinski definition) is 1. The topological polar surface area (TPSA) is 42.0 Å². The lowest BCUT2D eigenvalue weighted by Gasteiger charge is -2.23. The van der Waals surface area contributed by atoms with Gasteiger partial charge in [0.1, 0.15) is 0 Å². The molecule has 1 fully saturated rings. The Morgan fingerprint density at radius 2 is 2.00 bits per heavy atom. The maximum absolute atomic E-state index is 11.5. The van der Waals surface area contributed by atoms with Gasteiger partial charge in [-0.15, -0.1) is 0 Å². The molecule has 1 aliphatic heterocycles. The van der Waals surface area contributed by atoms with E-state index in [0.29, 0.717) is 6.42 Å². The van der Waals surface area contributed by atoms with Crippen LogP contribution in [0.25, 0.3) is 0 Å². The van der Waals surface area contributed by atoms with E-state index < -0.39 is 0 Å². The molecule has 2 heterocycles. The molecule has 3 heteroatoms. The summed E-state index contributed by atoms with van der Waals surface area (Å²) in [5.74, 6) is 0.270. The Labute approximate surface area is 119 Å². The van der Waals surface area contributed by atoms with Crippen LogP contribution in [0.5, 0.6) is 0 Å². The van der Waals surface area contributed by atoms with Gasteiger partial charge in [0.2, 0.25) is 5.91 Å². The molecule has 0 aliphatic carbocycles. The van der Waals surface area contributed by atoms with Gasteiger partial charge in [-0.05, 0) is 31.0 Å². The lowest BCUT2D eigenvalue weighted by atomic mass is 9.87. The number of aryl methyl sites for hydroxylation is 1. The van der Waals surface area contributed by atoms with Gasteiger partial charge in [0, 0.05) is 30.3 Å². The normalized spacial score (nSPS) is 19.6. The zero-order valence-electron chi connectivity index (χ0n) is 11.5. The summed E-state index contributed by atoms with van der Waals surface area (Å²) in [6, 6.07) is 14.6. The predicted octanol–water partition coefficient (Wildman–Crippen LogP) is 2.80. The second-order valence-corrected chi connectivity index (χ2v) is 5.36. The van der Waals surface area contributed by atoms with Crippen LogP contribution in [0.1, 0.15) is 35.6 Å². The van der Waals surface area contributed by atoms with Crippen molar-refractivity contribution < 1.29 is 4.79 Å². The number of nitrogens with one attached hydrogen (secondary N) is 1. The fourth-order valence-corrected chi connectivity index (χ4v) is 2.83. The monoisotopic (exact) mass is 266 g/mol. The van der Waals surface area contributed by atoms with E-state index in [9.17, 15) is 4.79 Å². The van der Waals surface area contributed by atoms with Crippen molar-refractivity contribution in [3.05, 3.63) is 65.5 Å². The molecule has 0 saturated carbocycles. The number of aromatic nitrogens is 1. The van der Waals surface area contributed by atoms with Crippen LogP contribution in [0, 0.1) is 6.92 Å². The highest BCUT2D eigenvalue weighted by molar-refractivity contribution is 5.78. The molecule has 2 aromatic rings. The highest BCUT2D eigenvalue weighted by Crippen LogP contribution is 2.31. The lowest BCUT2D eigenvalue weighted by Crippen LogP contribution is -2.32. The molecular weight excluding hydrogens is 248 g/mol. The van der Waals surface area contributed by atoms with E-state index in [4.69, 9.17) is 0 Å². The molecule has 1 amide bonds. The molecule has 3 rings (SSSR count). The smallest absolute Gasteiger partial charge is 0.220 e. The maximum atomic E-state index is 11.5. The quantitative estimate of drug-likeness (QED) is 0.928. The van der Waals surface area contributed by atoms with Gasteiger partial charge in [-0.3, -0.25) is 9.78 Å². The molecule has 1 saturated heterocycles. The van der Waals surface area contributed by atoms with E-state index in [1.807, 2.05) is 24.4 Å². The number of carbonyl (C=O) groups excluding carboxylic acids is 1. The molecule has 0 spiro atoms. The van der Waals surface area contributed by atoms with Gasteiger partial charge in [0.25, 0.3) is 0 Å². The fraction of sp³-hybridized carbons (Fsp3) is 0.294. The second kappa shape index (κ2) is 5.45. The van der Waals surface area contributed by atoms with Crippen LogP contribution in [0.15, 0.2) is 48.7 Å². The Bertz CT molecular complexity index is 592. The van der Waals surface area contributed by atoms with Crippen LogP contribution in [0.2, 0.25) is 0 Å². The summed E-state index contributed by atoms with van der Waals surface area (Å²) in [5, 5.41) is 3.09. The predicted molar refractivity (Wildman–Crippen MR) is 78.4 cm³/mol. The summed E-state index contributed by atoms with van der Waals surface area (Å²) >= 11 is 0. The van der Waals surface area contributed by atoms with Gasteiger partial charge < -0.3 is 5.32 Å². The molecule has 0 radical (unpaired) electrons. The van der Waals surface area contributed by atoms with E-state index in [0.717, 1.165) is 12.1 Å². The summed E-state index contributed by atoms with van der Waals surface area (Å²) in [6.45, 7) is 2.08. The Kier molecular flexibility index (Phi) is 3.50. The van der Waals surface area contributed by atoms with Gasteiger partial charge in [-0.2, -0.15) is 0 Å². The number of carbonyl (C=O) groups is 1. The van der Waals surface area contributed by atoms with Crippen molar-refractivity contribution in [1.82, 2.24) is 10.3 Å². The molecule has 2 atom stereocenters. The van der Waals surface area contributed by atoms with Crippen molar-refractivity contribution in [1.29, 1.82) is 0 Å². The van der Waals surface area contributed by atoms with E-state index in [2.05, 4.69) is 41.5 Å². The van der Waals surface area contributed by atoms with Gasteiger partial charge >= 0.3 is 0 Å². The summed E-state index contributed by atoms with van der Waals surface area (Å²) in [5.41, 5.74) is 3.47. The van der Waals surface area contributed by atoms with Gasteiger partial charge in [-0.25, -0.2) is 0 Å². The van der Waals surface area contributed by atoms with Crippen molar-refractivity contribution in [2.75, 3.05) is 0 Å². The van der Waals surface area contributed by atoms with Crippen LogP contribution < -0.4 is 5.32 Å². The molecule has 1 N–H and O–H groups in total. The van der Waals surface area contributed by atoms with Crippen molar-refractivity contribution in [2.45, 2.75) is 31.7 Å². The number of pyridine rings is 1. The van der Waals surface area contributed by atoms with Gasteiger partial charge in [0.15, 0.2) is 0 Å². The molecule has 20 heavy (non-hydrogen) atoms. The van der Waals surface area contributed by atoms with Gasteiger partial charge in [-0.1, -0.05) is 35.9 Å². The highest BCUT2D eigenvalue weighted by atomic mass is 16.1. The lowest BCUT2D eigenvalue weighted by molar-refractivity contribution is -0.119. The third-order valence-electron chi connectivity index (χ3n) is 3.87. The third kappa shape index (κ3) is 2.57. The molecule has 1 aromatic heterocycles. The van der Waals surface area contributed by atoms with E-state index in [1.54, 1.807) is 0 Å². The summed E-state index contributed by atoms with van der Waals surface area (Å²) in [6.07, 6.45) is 3.29. The van der Waals surface area contributed by atoms with Crippen molar-refractivity contribution in [2.24, 2.45) is 0 Å². The number of amides is 1. The SMILES string of the molecule is Cc1ccc([C@@H](c2ccccn2)[C@H]2CCC(=O)N2)cc1. The van der Waals surface area contributed by atoms with Crippen molar-refractivity contribution in [3.8, 4) is 0 Å². The van der Waals surface area contributed by atoms with Crippen molar-refractivity contribution >= 4 is 5.91 Å². The first-order valence-electron chi connectivity index (χ1n) is 7.01. The van der Waals surface area contributed by atoms with Crippen LogP contribution in [-0.4, -0.2) is 16.9 Å². The van der Waals surface area contributed by atoms with E-state index in [-0.39, 0.29) is 17.9 Å². The summed E-state index contributed by atoms with van der Waals surface area (Å²) < 4.78 is 0. The summed E-state index contributed by atoms with van der Waals surface area (Å²) in [4.78, 5) is 16.0. The first-order valence-corrected chi connectivity index (χ1v) is 7.01. The van der Waals surface area contributed by atoms with Crippen LogP contribution in [0.3, 0.4) is 0 Å². The summed E-state index contributed by atoms with van der Waals surface area (Å²) in [7, 11) is 0. The average molecular weight is 266 g/mol.